The first kappa shape index (κ1) is 21.5. The summed E-state index contributed by atoms with van der Waals surface area (Å²) in [5, 5.41) is 4.79. The molecule has 0 aliphatic rings. The van der Waals surface area contributed by atoms with Crippen LogP contribution in [0.4, 0.5) is 11.5 Å². The zero-order valence-corrected chi connectivity index (χ0v) is 18.4. The Labute approximate surface area is 194 Å². The second kappa shape index (κ2) is 8.82. The van der Waals surface area contributed by atoms with Crippen LogP contribution in [-0.2, 0) is 7.05 Å². The molecule has 0 unspecified atom stereocenters. The normalized spacial score (nSPS) is 10.7. The minimum Gasteiger partial charge on any atom is -0.366 e. The monoisotopic (exact) mass is 465 g/mol. The van der Waals surface area contributed by atoms with Crippen molar-refractivity contribution in [2.45, 2.75) is 0 Å². The Morgan fingerprint density at radius 3 is 2.41 bits per heavy atom. The molecule has 0 saturated carbocycles. The maximum Gasteiger partial charge on any atom is 0.265 e. The summed E-state index contributed by atoms with van der Waals surface area (Å²) in [6.45, 7) is 0. The van der Waals surface area contributed by atoms with Crippen LogP contribution in [0.1, 0.15) is 20.7 Å². The largest absolute Gasteiger partial charge is 0.366 e. The van der Waals surface area contributed by atoms with Crippen molar-refractivity contribution in [2.75, 3.05) is 4.90 Å². The van der Waals surface area contributed by atoms with Crippen LogP contribution >= 0.6 is 23.2 Å². The molecule has 2 N–H and O–H groups in total. The van der Waals surface area contributed by atoms with Gasteiger partial charge in [0.25, 0.3) is 5.91 Å². The molecule has 2 aromatic heterocycles. The van der Waals surface area contributed by atoms with Gasteiger partial charge in [0.15, 0.2) is 0 Å². The van der Waals surface area contributed by atoms with Crippen LogP contribution < -0.4 is 10.6 Å². The molecule has 0 radical (unpaired) electrons. The predicted octanol–water partition coefficient (Wildman–Crippen LogP) is 4.87. The van der Waals surface area contributed by atoms with E-state index in [0.717, 1.165) is 0 Å². The third-order valence-corrected chi connectivity index (χ3v) is 5.50. The molecule has 2 heterocycles. The van der Waals surface area contributed by atoms with Crippen molar-refractivity contribution in [3.05, 3.63) is 94.2 Å². The van der Waals surface area contributed by atoms with Gasteiger partial charge >= 0.3 is 0 Å². The van der Waals surface area contributed by atoms with Crippen molar-refractivity contribution in [2.24, 2.45) is 12.8 Å². The number of nitrogens with zero attached hydrogens (tertiary/aromatic N) is 4. The number of anilines is 2. The molecule has 9 heteroatoms. The van der Waals surface area contributed by atoms with Crippen LogP contribution in [0.3, 0.4) is 0 Å². The van der Waals surface area contributed by atoms with Gasteiger partial charge in [-0.15, -0.1) is 0 Å². The number of hydrogen-bond acceptors (Lipinski definition) is 4. The fourth-order valence-electron chi connectivity index (χ4n) is 3.27. The maximum absolute atomic E-state index is 13.7. The highest BCUT2D eigenvalue weighted by Crippen LogP contribution is 2.35. The van der Waals surface area contributed by atoms with Gasteiger partial charge in [0.05, 0.1) is 33.2 Å². The third kappa shape index (κ3) is 4.08. The zero-order chi connectivity index (χ0) is 22.8. The van der Waals surface area contributed by atoms with Crippen molar-refractivity contribution >= 4 is 46.5 Å². The Morgan fingerprint density at radius 2 is 1.78 bits per heavy atom. The Balaban J connectivity index is 1.86. The molecule has 2 amide bonds. The van der Waals surface area contributed by atoms with Gasteiger partial charge in [-0.1, -0.05) is 29.3 Å². The Hall–Kier alpha value is -3.68. The number of nitrogens with two attached hydrogens (primary N) is 1. The van der Waals surface area contributed by atoms with Crippen molar-refractivity contribution in [3.8, 4) is 11.3 Å². The first-order valence-corrected chi connectivity index (χ1v) is 10.2. The average molecular weight is 466 g/mol. The highest BCUT2D eigenvalue weighted by Gasteiger charge is 2.25. The highest BCUT2D eigenvalue weighted by molar-refractivity contribution is 6.35. The molecule has 4 rings (SSSR count). The number of rotatable bonds is 5. The van der Waals surface area contributed by atoms with Crippen LogP contribution in [-0.4, -0.2) is 26.6 Å². The molecule has 0 aliphatic heterocycles. The van der Waals surface area contributed by atoms with Crippen LogP contribution in [0.25, 0.3) is 11.3 Å². The van der Waals surface area contributed by atoms with E-state index in [9.17, 15) is 9.59 Å². The van der Waals surface area contributed by atoms with Gasteiger partial charge in [-0.25, -0.2) is 0 Å². The number of pyridine rings is 1. The number of benzene rings is 2. The highest BCUT2D eigenvalue weighted by atomic mass is 35.5. The summed E-state index contributed by atoms with van der Waals surface area (Å²) in [6.07, 6.45) is 3.26. The summed E-state index contributed by atoms with van der Waals surface area (Å²) in [5.74, 6) is -0.532. The van der Waals surface area contributed by atoms with E-state index in [2.05, 4.69) is 10.1 Å². The molecule has 2 aromatic carbocycles. The second-order valence-corrected chi connectivity index (χ2v) is 7.71. The molecule has 0 spiro atoms. The number of halogens is 2. The average Bonchev–Trinajstić information content (AvgIpc) is 3.20. The number of aryl methyl sites for hydroxylation is 1. The van der Waals surface area contributed by atoms with E-state index in [1.807, 2.05) is 18.2 Å². The topological polar surface area (TPSA) is 94.1 Å². The summed E-state index contributed by atoms with van der Waals surface area (Å²) in [5.41, 5.74) is 7.61. The van der Waals surface area contributed by atoms with Gasteiger partial charge in [-0.05, 0) is 48.5 Å². The summed E-state index contributed by atoms with van der Waals surface area (Å²) in [7, 11) is 1.73. The van der Waals surface area contributed by atoms with Gasteiger partial charge in [-0.2, -0.15) is 5.10 Å². The van der Waals surface area contributed by atoms with E-state index in [1.54, 1.807) is 48.4 Å². The van der Waals surface area contributed by atoms with Gasteiger partial charge in [-0.3, -0.25) is 24.2 Å². The Kier molecular flexibility index (Phi) is 5.94. The molecule has 0 bridgehead atoms. The van der Waals surface area contributed by atoms with Gasteiger partial charge < -0.3 is 5.73 Å². The van der Waals surface area contributed by atoms with Crippen LogP contribution in [0, 0.1) is 0 Å². The predicted molar refractivity (Wildman–Crippen MR) is 124 cm³/mol. The smallest absolute Gasteiger partial charge is 0.265 e. The van der Waals surface area contributed by atoms with Crippen molar-refractivity contribution in [1.82, 2.24) is 14.8 Å². The minimum atomic E-state index is -0.632. The molecular formula is C23H17Cl2N5O2. The lowest BCUT2D eigenvalue weighted by Crippen LogP contribution is -2.28. The van der Waals surface area contributed by atoms with Gasteiger partial charge in [0, 0.05) is 30.4 Å². The molecule has 0 saturated heterocycles. The number of carbonyl (C=O) groups is 2. The number of carbonyl (C=O) groups excluding carboxylic acids is 2. The van der Waals surface area contributed by atoms with E-state index >= 15 is 0 Å². The lowest BCUT2D eigenvalue weighted by atomic mass is 10.1. The number of aromatic nitrogens is 3. The number of amides is 2. The van der Waals surface area contributed by atoms with Crippen LogP contribution in [0.15, 0.2) is 73.1 Å². The molecule has 0 atom stereocenters. The third-order valence-electron chi connectivity index (χ3n) is 4.86. The SMILES string of the molecule is Cn1nccc1N(C(=O)c1ccc(C(N)=O)cc1Cl)c1ccc(Cl)c(-c2ccccn2)c1. The molecule has 160 valence electrons. The number of hydrogen-bond donors (Lipinski definition) is 1. The zero-order valence-electron chi connectivity index (χ0n) is 16.9. The van der Waals surface area contributed by atoms with E-state index in [1.165, 1.54) is 23.1 Å². The van der Waals surface area contributed by atoms with E-state index < -0.39 is 11.8 Å². The van der Waals surface area contributed by atoms with Gasteiger partial charge in [0.2, 0.25) is 5.91 Å². The molecule has 7 nitrogen and oxygen atoms in total. The summed E-state index contributed by atoms with van der Waals surface area (Å²) < 4.78 is 1.57. The van der Waals surface area contributed by atoms with E-state index in [-0.39, 0.29) is 16.1 Å². The van der Waals surface area contributed by atoms with Crippen molar-refractivity contribution < 1.29 is 9.59 Å². The fourth-order valence-corrected chi connectivity index (χ4v) is 3.75. The standard InChI is InChI=1S/C23H17Cl2N5O2/c1-29-21(9-11-28-29)30(23(32)16-7-5-14(22(26)31)12-19(16)25)15-6-8-18(24)17(13-15)20-4-2-3-10-27-20/h2-13H,1H3,(H2,26,31). The molecular weight excluding hydrogens is 449 g/mol. The maximum atomic E-state index is 13.7. The fraction of sp³-hybridized carbons (Fsp3) is 0.0435. The Bertz CT molecular complexity index is 1320. The molecule has 4 aromatic rings. The summed E-state index contributed by atoms with van der Waals surface area (Å²) in [6, 6.07) is 16.7. The summed E-state index contributed by atoms with van der Waals surface area (Å²) in [4.78, 5) is 31.0. The first-order chi connectivity index (χ1) is 15.4. The Morgan fingerprint density at radius 1 is 0.969 bits per heavy atom. The first-order valence-electron chi connectivity index (χ1n) is 9.49. The van der Waals surface area contributed by atoms with E-state index in [4.69, 9.17) is 28.9 Å². The molecule has 32 heavy (non-hydrogen) atoms. The molecule has 0 fully saturated rings. The van der Waals surface area contributed by atoms with Crippen LogP contribution in [0.5, 0.6) is 0 Å². The quantitative estimate of drug-likeness (QED) is 0.454. The summed E-state index contributed by atoms with van der Waals surface area (Å²) >= 11 is 12.8. The van der Waals surface area contributed by atoms with Gasteiger partial charge in [0.1, 0.15) is 5.82 Å². The minimum absolute atomic E-state index is 0.109. The molecule has 0 aliphatic carbocycles. The lowest BCUT2D eigenvalue weighted by molar-refractivity contribution is 0.0987. The lowest BCUT2D eigenvalue weighted by Gasteiger charge is -2.24. The number of primary amides is 1. The van der Waals surface area contributed by atoms with Crippen molar-refractivity contribution in [3.63, 3.8) is 0 Å². The van der Waals surface area contributed by atoms with E-state index in [0.29, 0.717) is 27.8 Å². The van der Waals surface area contributed by atoms with Crippen LogP contribution in [0.2, 0.25) is 10.0 Å². The second-order valence-electron chi connectivity index (χ2n) is 6.89. The van der Waals surface area contributed by atoms with Crippen molar-refractivity contribution in [1.29, 1.82) is 0 Å².